The van der Waals surface area contributed by atoms with Gasteiger partial charge >= 0.3 is 51.4 Å². The fourth-order valence-corrected chi connectivity index (χ4v) is 1.37. The van der Waals surface area contributed by atoms with E-state index in [4.69, 9.17) is 4.42 Å². The molecule has 0 aliphatic carbocycles. The number of nitrogens with zero attached hydrogens (tertiary/aromatic N) is 1. The van der Waals surface area contributed by atoms with Crippen LogP contribution in [0, 0.1) is 0 Å². The number of hydrazine groups is 1. The van der Waals surface area contributed by atoms with Crippen molar-refractivity contribution in [1.82, 2.24) is 15.8 Å². The molecular formula is C11H8KN3O2S2. The maximum absolute atomic E-state index is 11.6. The monoisotopic (exact) mass is 317 g/mol. The molecule has 0 saturated heterocycles. The quantitative estimate of drug-likeness (QED) is 0.301. The zero-order valence-corrected chi connectivity index (χ0v) is 14.8. The average Bonchev–Trinajstić information content (AvgIpc) is 2.86. The third-order valence-corrected chi connectivity index (χ3v) is 2.24. The normalized spacial score (nSPS) is 9.26. The fraction of sp³-hybridized carbons (Fsp3) is 0. The molecule has 2 aromatic rings. The molecule has 92 valence electrons. The molecule has 0 saturated carbocycles. The van der Waals surface area contributed by atoms with E-state index in [1.54, 1.807) is 0 Å². The van der Waals surface area contributed by atoms with E-state index >= 15 is 0 Å². The minimum atomic E-state index is -0.465. The Hall–Kier alpha value is -0.354. The van der Waals surface area contributed by atoms with E-state index in [-0.39, 0.29) is 61.4 Å². The molecule has 0 aliphatic rings. The number of rotatable bonds is 2. The predicted molar refractivity (Wildman–Crippen MR) is 72.5 cm³/mol. The number of carbonyl (C=O) groups excluding carboxylic acids is 1. The number of aromatic nitrogens is 1. The topological polar surface area (TPSA) is 67.2 Å². The summed E-state index contributed by atoms with van der Waals surface area (Å²) in [6.45, 7) is 0. The van der Waals surface area contributed by atoms with Crippen molar-refractivity contribution in [2.45, 2.75) is 0 Å². The number of nitrogens with one attached hydrogen (secondary N) is 2. The molecule has 0 bridgehead atoms. The smallest absolute Gasteiger partial charge is 0.444 e. The largest absolute Gasteiger partial charge is 1.00 e. The molecule has 0 spiro atoms. The standard InChI is InChI=1S/C11H9N3O2S2.K/c15-9(13-14-11(17)18)8-6-16-10(12-8)7-4-2-1-3-5-7;/h1-6H,(H,13,15)(H2,14,17,18);/q;+1/p-1. The third kappa shape index (κ3) is 4.92. The number of amides is 1. The average molecular weight is 317 g/mol. The number of thiocarbonyl (C=S) groups is 1. The third-order valence-electron chi connectivity index (χ3n) is 2.04. The Balaban J connectivity index is 0.00000180. The maximum Gasteiger partial charge on any atom is 1.00 e. The number of oxazole rings is 1. The molecule has 2 rings (SSSR count). The summed E-state index contributed by atoms with van der Waals surface area (Å²) in [5.41, 5.74) is 5.60. The number of hydrogen-bond acceptors (Lipinski definition) is 5. The summed E-state index contributed by atoms with van der Waals surface area (Å²) in [7, 11) is 0. The Morgan fingerprint density at radius 3 is 2.58 bits per heavy atom. The summed E-state index contributed by atoms with van der Waals surface area (Å²) in [4.78, 5) is 15.7. The second-order valence-corrected chi connectivity index (χ2v) is 4.35. The van der Waals surface area contributed by atoms with Gasteiger partial charge in [0.25, 0.3) is 5.91 Å². The molecule has 1 amide bonds. The SMILES string of the molecule is O=C(NNC(=S)[S-])c1coc(-c2ccccc2)n1.[K+]. The molecule has 0 fully saturated rings. The van der Waals surface area contributed by atoms with E-state index < -0.39 is 5.91 Å². The van der Waals surface area contributed by atoms with E-state index in [0.717, 1.165) is 5.56 Å². The number of benzene rings is 1. The van der Waals surface area contributed by atoms with Gasteiger partial charge in [0, 0.05) is 5.56 Å². The van der Waals surface area contributed by atoms with Gasteiger partial charge in [0.15, 0.2) is 5.69 Å². The molecule has 1 aromatic heterocycles. The van der Waals surface area contributed by atoms with Crippen molar-refractivity contribution in [3.63, 3.8) is 0 Å². The Bertz CT molecular complexity index is 574. The van der Waals surface area contributed by atoms with Crippen LogP contribution in [0.3, 0.4) is 0 Å². The molecule has 0 atom stereocenters. The minimum Gasteiger partial charge on any atom is -0.444 e. The van der Waals surface area contributed by atoms with Crippen LogP contribution < -0.4 is 62.2 Å². The van der Waals surface area contributed by atoms with Gasteiger partial charge in [-0.1, -0.05) is 18.2 Å². The first-order chi connectivity index (χ1) is 8.66. The van der Waals surface area contributed by atoms with Crippen LogP contribution in [0.2, 0.25) is 0 Å². The van der Waals surface area contributed by atoms with E-state index in [1.165, 1.54) is 6.26 Å². The molecular weight excluding hydrogens is 309 g/mol. The zero-order chi connectivity index (χ0) is 13.0. The van der Waals surface area contributed by atoms with Gasteiger partial charge < -0.3 is 34.7 Å². The van der Waals surface area contributed by atoms with E-state index in [2.05, 4.69) is 40.7 Å². The molecule has 0 aliphatic heterocycles. The van der Waals surface area contributed by atoms with E-state index in [9.17, 15) is 4.79 Å². The summed E-state index contributed by atoms with van der Waals surface area (Å²) >= 11 is 9.18. The first-order valence-corrected chi connectivity index (χ1v) is 5.77. The molecule has 5 nitrogen and oxygen atoms in total. The van der Waals surface area contributed by atoms with Crippen LogP contribution in [0.15, 0.2) is 41.0 Å². The van der Waals surface area contributed by atoms with Gasteiger partial charge in [0.2, 0.25) is 5.89 Å². The predicted octanol–water partition coefficient (Wildman–Crippen LogP) is -1.59. The Morgan fingerprint density at radius 1 is 1.26 bits per heavy atom. The van der Waals surface area contributed by atoms with Crippen molar-refractivity contribution in [3.8, 4) is 11.5 Å². The number of hydrogen-bond donors (Lipinski definition) is 2. The van der Waals surface area contributed by atoms with Crippen LogP contribution in [-0.4, -0.2) is 15.2 Å². The van der Waals surface area contributed by atoms with Crippen LogP contribution in [0.5, 0.6) is 0 Å². The van der Waals surface area contributed by atoms with Crippen molar-refractivity contribution in [3.05, 3.63) is 42.3 Å². The molecule has 8 heteroatoms. The van der Waals surface area contributed by atoms with Gasteiger partial charge in [-0.05, 0) is 16.5 Å². The molecule has 0 unspecified atom stereocenters. The fourth-order valence-electron chi connectivity index (χ4n) is 1.26. The van der Waals surface area contributed by atoms with E-state index in [1.807, 2.05) is 30.3 Å². The van der Waals surface area contributed by atoms with Gasteiger partial charge in [-0.3, -0.25) is 10.2 Å². The first-order valence-electron chi connectivity index (χ1n) is 4.95. The van der Waals surface area contributed by atoms with Crippen LogP contribution in [-0.2, 0) is 12.6 Å². The van der Waals surface area contributed by atoms with Crippen molar-refractivity contribution < 1.29 is 60.6 Å². The Kier molecular flexibility index (Phi) is 7.08. The van der Waals surface area contributed by atoms with Gasteiger partial charge in [-0.15, -0.1) is 0 Å². The molecule has 0 radical (unpaired) electrons. The van der Waals surface area contributed by atoms with Crippen LogP contribution in [0.25, 0.3) is 11.5 Å². The second kappa shape index (κ2) is 8.05. The maximum atomic E-state index is 11.6. The van der Waals surface area contributed by atoms with Crippen molar-refractivity contribution >= 4 is 35.1 Å². The molecule has 19 heavy (non-hydrogen) atoms. The summed E-state index contributed by atoms with van der Waals surface area (Å²) in [6.07, 6.45) is 1.27. The molecule has 2 N–H and O–H groups in total. The summed E-state index contributed by atoms with van der Waals surface area (Å²) in [5.74, 6) is -0.0881. The summed E-state index contributed by atoms with van der Waals surface area (Å²) in [5, 5.41) is 0. The van der Waals surface area contributed by atoms with Gasteiger partial charge in [0.1, 0.15) is 6.26 Å². The van der Waals surface area contributed by atoms with E-state index in [0.29, 0.717) is 5.89 Å². The second-order valence-electron chi connectivity index (χ2n) is 3.27. The Morgan fingerprint density at radius 2 is 1.95 bits per heavy atom. The molecule has 1 heterocycles. The van der Waals surface area contributed by atoms with Crippen LogP contribution >= 0.6 is 12.2 Å². The van der Waals surface area contributed by atoms with Gasteiger partial charge in [0.05, 0.1) is 0 Å². The Labute approximate surface area is 163 Å². The van der Waals surface area contributed by atoms with Crippen LogP contribution in [0.4, 0.5) is 0 Å². The van der Waals surface area contributed by atoms with Crippen molar-refractivity contribution in [2.24, 2.45) is 0 Å². The van der Waals surface area contributed by atoms with Crippen molar-refractivity contribution in [2.75, 3.05) is 0 Å². The first kappa shape index (κ1) is 16.7. The molecule has 1 aromatic carbocycles. The van der Waals surface area contributed by atoms with Crippen molar-refractivity contribution in [1.29, 1.82) is 0 Å². The van der Waals surface area contributed by atoms with Gasteiger partial charge in [-0.25, -0.2) is 4.98 Å². The summed E-state index contributed by atoms with van der Waals surface area (Å²) < 4.78 is 5.27. The van der Waals surface area contributed by atoms with Crippen LogP contribution in [0.1, 0.15) is 10.5 Å². The summed E-state index contributed by atoms with van der Waals surface area (Å²) in [6, 6.07) is 9.27. The number of carbonyl (C=O) groups is 1. The van der Waals surface area contributed by atoms with Gasteiger partial charge in [-0.2, -0.15) is 0 Å². The minimum absolute atomic E-state index is 0. The zero-order valence-electron chi connectivity index (χ0n) is 10.0.